The Hall–Kier alpha value is -3.62. The molecular formula is C24H19ClN4O3S. The van der Waals surface area contributed by atoms with Gasteiger partial charge in [0, 0.05) is 15.5 Å². The van der Waals surface area contributed by atoms with Crippen molar-refractivity contribution in [3.05, 3.63) is 105 Å². The quantitative estimate of drug-likeness (QED) is 0.410. The van der Waals surface area contributed by atoms with Crippen LogP contribution in [0.1, 0.15) is 21.6 Å². The average Bonchev–Trinajstić information content (AvgIpc) is 2.82. The minimum absolute atomic E-state index is 0.162. The molecule has 1 heterocycles. The molecule has 0 aliphatic carbocycles. The van der Waals surface area contributed by atoms with Gasteiger partial charge in [-0.25, -0.2) is 9.78 Å². The number of nitrogens with zero attached hydrogens (tertiary/aromatic N) is 2. The number of carbonyl (C=O) groups is 2. The van der Waals surface area contributed by atoms with Crippen molar-refractivity contribution in [3.8, 4) is 0 Å². The smallest absolute Gasteiger partial charge is 0.301 e. The molecule has 0 aliphatic heterocycles. The van der Waals surface area contributed by atoms with Gasteiger partial charge in [0.15, 0.2) is 0 Å². The molecule has 4 aromatic rings. The minimum Gasteiger partial charge on any atom is -0.301 e. The van der Waals surface area contributed by atoms with Crippen LogP contribution in [-0.2, 0) is 6.54 Å². The molecule has 0 fully saturated rings. The number of carbonyl (C=O) groups excluding carboxylic acids is 2. The van der Waals surface area contributed by atoms with Crippen LogP contribution in [0.3, 0.4) is 0 Å². The Balaban J connectivity index is 1.41. The Morgan fingerprint density at radius 2 is 1.70 bits per heavy atom. The van der Waals surface area contributed by atoms with E-state index in [9.17, 15) is 14.4 Å². The number of hydrogen-bond donors (Lipinski definition) is 2. The Kier molecular flexibility index (Phi) is 6.76. The van der Waals surface area contributed by atoms with E-state index < -0.39 is 11.9 Å². The van der Waals surface area contributed by atoms with Crippen LogP contribution in [0, 0.1) is 6.92 Å². The summed E-state index contributed by atoms with van der Waals surface area (Å²) in [5, 5.41) is 2.89. The fourth-order valence-corrected chi connectivity index (χ4v) is 3.89. The summed E-state index contributed by atoms with van der Waals surface area (Å²) in [4.78, 5) is 42.2. The first-order chi connectivity index (χ1) is 15.9. The second-order valence-electron chi connectivity index (χ2n) is 7.22. The van der Waals surface area contributed by atoms with Crippen molar-refractivity contribution < 1.29 is 9.59 Å². The summed E-state index contributed by atoms with van der Waals surface area (Å²) < 4.78 is 4.21. The van der Waals surface area contributed by atoms with E-state index in [-0.39, 0.29) is 5.56 Å². The van der Waals surface area contributed by atoms with E-state index in [0.717, 1.165) is 33.4 Å². The molecule has 0 saturated carbocycles. The van der Waals surface area contributed by atoms with E-state index in [2.05, 4.69) is 15.0 Å². The van der Waals surface area contributed by atoms with Crippen LogP contribution in [0.5, 0.6) is 0 Å². The summed E-state index contributed by atoms with van der Waals surface area (Å²) in [5.74, 6) is -0.530. The summed E-state index contributed by atoms with van der Waals surface area (Å²) in [5.41, 5.74) is 2.91. The van der Waals surface area contributed by atoms with Gasteiger partial charge >= 0.3 is 6.03 Å². The van der Waals surface area contributed by atoms with Gasteiger partial charge in [0.05, 0.1) is 17.6 Å². The Morgan fingerprint density at radius 3 is 2.42 bits per heavy atom. The van der Waals surface area contributed by atoms with Crippen molar-refractivity contribution in [1.29, 1.82) is 0 Å². The Morgan fingerprint density at radius 1 is 1.00 bits per heavy atom. The molecule has 7 nitrogen and oxygen atoms in total. The molecule has 3 aromatic carbocycles. The molecule has 4 rings (SSSR count). The van der Waals surface area contributed by atoms with Gasteiger partial charge < -0.3 is 4.57 Å². The highest BCUT2D eigenvalue weighted by Crippen LogP contribution is 2.17. The van der Waals surface area contributed by atoms with Gasteiger partial charge in [-0.15, -0.1) is 0 Å². The number of urea groups is 1. The molecule has 33 heavy (non-hydrogen) atoms. The highest BCUT2D eigenvalue weighted by atomic mass is 35.5. The lowest BCUT2D eigenvalue weighted by Gasteiger charge is -2.11. The summed E-state index contributed by atoms with van der Waals surface area (Å²) >= 11 is 6.91. The molecule has 1 aromatic heterocycles. The third kappa shape index (κ3) is 5.42. The van der Waals surface area contributed by atoms with E-state index in [4.69, 9.17) is 11.6 Å². The summed E-state index contributed by atoms with van der Waals surface area (Å²) in [6, 6.07) is 20.5. The summed E-state index contributed by atoms with van der Waals surface area (Å²) in [6.45, 7) is 2.03. The minimum atomic E-state index is -0.630. The van der Waals surface area contributed by atoms with Gasteiger partial charge in [-0.3, -0.25) is 19.6 Å². The van der Waals surface area contributed by atoms with Gasteiger partial charge in [-0.1, -0.05) is 35.9 Å². The molecule has 0 aliphatic rings. The molecule has 0 unspecified atom stereocenters. The molecular weight excluding hydrogens is 460 g/mol. The number of hydrogen-bond acceptors (Lipinski definition) is 5. The zero-order valence-electron chi connectivity index (χ0n) is 17.5. The first kappa shape index (κ1) is 22.6. The second-order valence-corrected chi connectivity index (χ2v) is 8.53. The monoisotopic (exact) mass is 478 g/mol. The fraction of sp³-hybridized carbons (Fsp3) is 0.0833. The maximum atomic E-state index is 12.6. The standard InChI is InChI=1S/C24H19ClN4O3S/c1-15-23(31)29(21-5-3-2-4-20(21)26-15)14-16-6-8-17(9-7-16)22(30)27-24(32)28-33-19-12-10-18(25)11-13-19/h2-13H,14H2,1H3,(H2,27,28,30,32). The van der Waals surface area contributed by atoms with Crippen LogP contribution in [0.25, 0.3) is 11.0 Å². The lowest BCUT2D eigenvalue weighted by Crippen LogP contribution is -2.36. The van der Waals surface area contributed by atoms with Crippen molar-refractivity contribution in [1.82, 2.24) is 19.6 Å². The number of halogens is 1. The highest BCUT2D eigenvalue weighted by molar-refractivity contribution is 7.98. The Bertz CT molecular complexity index is 1390. The van der Waals surface area contributed by atoms with Crippen LogP contribution in [0.15, 0.2) is 82.5 Å². The predicted octanol–water partition coefficient (Wildman–Crippen LogP) is 4.55. The van der Waals surface area contributed by atoms with Gasteiger partial charge in [0.1, 0.15) is 5.69 Å². The van der Waals surface area contributed by atoms with Crippen LogP contribution in [0.4, 0.5) is 4.79 Å². The van der Waals surface area contributed by atoms with Crippen molar-refractivity contribution in [3.63, 3.8) is 0 Å². The molecule has 9 heteroatoms. The number of aromatic nitrogens is 2. The van der Waals surface area contributed by atoms with Crippen LogP contribution in [-0.4, -0.2) is 21.5 Å². The highest BCUT2D eigenvalue weighted by Gasteiger charge is 2.12. The van der Waals surface area contributed by atoms with E-state index in [0.29, 0.717) is 22.8 Å². The molecule has 0 atom stereocenters. The number of amides is 3. The molecule has 166 valence electrons. The first-order valence-corrected chi connectivity index (χ1v) is 11.2. The van der Waals surface area contributed by atoms with Crippen molar-refractivity contribution in [2.75, 3.05) is 0 Å². The maximum absolute atomic E-state index is 12.6. The van der Waals surface area contributed by atoms with Crippen LogP contribution < -0.4 is 15.6 Å². The Labute approximate surface area is 198 Å². The predicted molar refractivity (Wildman–Crippen MR) is 130 cm³/mol. The van der Waals surface area contributed by atoms with Crippen molar-refractivity contribution in [2.45, 2.75) is 18.4 Å². The molecule has 3 amide bonds. The van der Waals surface area contributed by atoms with Gasteiger partial charge in [-0.2, -0.15) is 0 Å². The van der Waals surface area contributed by atoms with Gasteiger partial charge in [0.25, 0.3) is 11.5 Å². The number of rotatable bonds is 5. The van der Waals surface area contributed by atoms with Gasteiger partial charge in [-0.05, 0) is 73.0 Å². The lowest BCUT2D eigenvalue weighted by atomic mass is 10.1. The average molecular weight is 479 g/mol. The second kappa shape index (κ2) is 9.89. The number of para-hydroxylation sites is 2. The third-order valence-electron chi connectivity index (χ3n) is 4.87. The topological polar surface area (TPSA) is 93.1 Å². The number of aryl methyl sites for hydroxylation is 1. The number of nitrogens with one attached hydrogen (secondary N) is 2. The summed E-state index contributed by atoms with van der Waals surface area (Å²) in [7, 11) is 0. The normalized spacial score (nSPS) is 10.7. The largest absolute Gasteiger partial charge is 0.331 e. The molecule has 2 N–H and O–H groups in total. The molecule has 0 bridgehead atoms. The SMILES string of the molecule is Cc1nc2ccccc2n(Cc2ccc(C(=O)NC(=O)NSc3ccc(Cl)cc3)cc2)c1=O. The number of benzene rings is 3. The van der Waals surface area contributed by atoms with E-state index in [1.165, 1.54) is 0 Å². The molecule has 0 radical (unpaired) electrons. The van der Waals surface area contributed by atoms with Crippen molar-refractivity contribution >= 4 is 46.5 Å². The zero-order valence-corrected chi connectivity index (χ0v) is 19.1. The van der Waals surface area contributed by atoms with Crippen LogP contribution >= 0.6 is 23.5 Å². The third-order valence-corrected chi connectivity index (χ3v) is 5.92. The van der Waals surface area contributed by atoms with Gasteiger partial charge in [0.2, 0.25) is 0 Å². The number of imide groups is 1. The van der Waals surface area contributed by atoms with E-state index >= 15 is 0 Å². The summed E-state index contributed by atoms with van der Waals surface area (Å²) in [6.07, 6.45) is 0. The number of fused-ring (bicyclic) bond motifs is 1. The lowest BCUT2D eigenvalue weighted by molar-refractivity contribution is 0.0965. The first-order valence-electron chi connectivity index (χ1n) is 9.99. The van der Waals surface area contributed by atoms with Crippen molar-refractivity contribution in [2.24, 2.45) is 0 Å². The zero-order chi connectivity index (χ0) is 23.4. The van der Waals surface area contributed by atoms with E-state index in [1.807, 2.05) is 24.3 Å². The van der Waals surface area contributed by atoms with Crippen LogP contribution in [0.2, 0.25) is 5.02 Å². The molecule has 0 spiro atoms. The fourth-order valence-electron chi connectivity index (χ4n) is 3.23. The maximum Gasteiger partial charge on any atom is 0.331 e. The van der Waals surface area contributed by atoms with E-state index in [1.54, 1.807) is 60.0 Å². The molecule has 0 saturated heterocycles.